The van der Waals surface area contributed by atoms with Gasteiger partial charge in [0.15, 0.2) is 0 Å². The van der Waals surface area contributed by atoms with Crippen LogP contribution in [0.2, 0.25) is 0 Å². The van der Waals surface area contributed by atoms with E-state index in [0.29, 0.717) is 5.75 Å². The fourth-order valence-corrected chi connectivity index (χ4v) is 1.17. The van der Waals surface area contributed by atoms with Crippen LogP contribution in [0.3, 0.4) is 0 Å². The minimum atomic E-state index is -0.250. The number of phenolic OH excluding ortho intramolecular Hbond substituents is 1. The van der Waals surface area contributed by atoms with Crippen LogP contribution < -0.4 is 0 Å². The third-order valence-corrected chi connectivity index (χ3v) is 1.64. The zero-order valence-electron chi connectivity index (χ0n) is 8.03. The molecule has 3 heteroatoms. The van der Waals surface area contributed by atoms with Crippen molar-refractivity contribution in [3.8, 4) is 5.75 Å². The van der Waals surface area contributed by atoms with Gasteiger partial charge in [0.1, 0.15) is 5.75 Å². The highest BCUT2D eigenvalue weighted by Crippen LogP contribution is 2.21. The quantitative estimate of drug-likeness (QED) is 0.603. The molecule has 0 fully saturated rings. The van der Waals surface area contributed by atoms with Gasteiger partial charge in [0.2, 0.25) is 0 Å². The van der Waals surface area contributed by atoms with E-state index >= 15 is 0 Å². The van der Waals surface area contributed by atoms with E-state index in [1.165, 1.54) is 5.56 Å². The van der Waals surface area contributed by atoms with Gasteiger partial charge in [-0.3, -0.25) is 4.79 Å². The van der Waals surface area contributed by atoms with Gasteiger partial charge in [0, 0.05) is 0 Å². The number of carbonyl (C=O) groups is 1. The molecule has 0 heterocycles. The molecule has 0 saturated heterocycles. The van der Waals surface area contributed by atoms with Crippen LogP contribution in [0, 0.1) is 20.8 Å². The SMILES string of the molecule is Cc1cc(C)c(O)c(C)c1.O=CO. The van der Waals surface area contributed by atoms with Crippen molar-refractivity contribution in [1.82, 2.24) is 0 Å². The van der Waals surface area contributed by atoms with Gasteiger partial charge in [-0.05, 0) is 31.9 Å². The number of benzene rings is 1. The number of aromatic hydroxyl groups is 1. The molecule has 1 aromatic carbocycles. The molecule has 3 nitrogen and oxygen atoms in total. The Morgan fingerprint density at radius 1 is 1.15 bits per heavy atom. The number of hydrogen-bond donors (Lipinski definition) is 2. The molecule has 0 atom stereocenters. The number of phenols is 1. The fraction of sp³-hybridized carbons (Fsp3) is 0.300. The Kier molecular flexibility index (Phi) is 4.59. The molecular formula is C10H14O3. The van der Waals surface area contributed by atoms with E-state index in [0.717, 1.165) is 11.1 Å². The minimum absolute atomic E-state index is 0.250. The van der Waals surface area contributed by atoms with E-state index in [4.69, 9.17) is 9.90 Å². The summed E-state index contributed by atoms with van der Waals surface area (Å²) in [5.41, 5.74) is 3.11. The average molecular weight is 182 g/mol. The van der Waals surface area contributed by atoms with Gasteiger partial charge in [0.25, 0.3) is 6.47 Å². The second kappa shape index (κ2) is 5.19. The monoisotopic (exact) mass is 182 g/mol. The lowest BCUT2D eigenvalue weighted by molar-refractivity contribution is -0.122. The van der Waals surface area contributed by atoms with E-state index in [2.05, 4.69) is 0 Å². The molecule has 0 amide bonds. The van der Waals surface area contributed by atoms with Crippen molar-refractivity contribution in [2.75, 3.05) is 0 Å². The van der Waals surface area contributed by atoms with E-state index in [1.807, 2.05) is 32.9 Å². The Morgan fingerprint density at radius 3 is 1.77 bits per heavy atom. The summed E-state index contributed by atoms with van der Waals surface area (Å²) in [6, 6.07) is 3.95. The van der Waals surface area contributed by atoms with Crippen molar-refractivity contribution < 1.29 is 15.0 Å². The fourth-order valence-electron chi connectivity index (χ4n) is 1.17. The van der Waals surface area contributed by atoms with E-state index in [9.17, 15) is 5.11 Å². The van der Waals surface area contributed by atoms with Crippen LogP contribution in [0.1, 0.15) is 16.7 Å². The predicted molar refractivity (Wildman–Crippen MR) is 51.0 cm³/mol. The molecule has 0 saturated carbocycles. The van der Waals surface area contributed by atoms with Gasteiger partial charge < -0.3 is 10.2 Å². The Bertz CT molecular complexity index is 269. The second-order valence-corrected chi connectivity index (χ2v) is 2.85. The van der Waals surface area contributed by atoms with E-state index < -0.39 is 0 Å². The van der Waals surface area contributed by atoms with Crippen LogP contribution in [0.15, 0.2) is 12.1 Å². The van der Waals surface area contributed by atoms with Gasteiger partial charge in [0.05, 0.1) is 0 Å². The summed E-state index contributed by atoms with van der Waals surface area (Å²) in [5, 5.41) is 16.2. The maximum atomic E-state index is 9.33. The second-order valence-electron chi connectivity index (χ2n) is 2.85. The summed E-state index contributed by atoms with van der Waals surface area (Å²) in [5.74, 6) is 0.422. The summed E-state index contributed by atoms with van der Waals surface area (Å²) in [6.45, 7) is 5.60. The zero-order chi connectivity index (χ0) is 10.4. The smallest absolute Gasteiger partial charge is 0.290 e. The molecule has 72 valence electrons. The Morgan fingerprint density at radius 2 is 1.46 bits per heavy atom. The molecule has 13 heavy (non-hydrogen) atoms. The average Bonchev–Trinajstić information content (AvgIpc) is 2.01. The first-order valence-electron chi connectivity index (χ1n) is 3.87. The minimum Gasteiger partial charge on any atom is -0.507 e. The summed E-state index contributed by atoms with van der Waals surface area (Å²) in [7, 11) is 0. The molecule has 0 aromatic heterocycles. The third kappa shape index (κ3) is 3.60. The number of hydrogen-bond acceptors (Lipinski definition) is 2. The van der Waals surface area contributed by atoms with E-state index in [-0.39, 0.29) is 6.47 Å². The summed E-state index contributed by atoms with van der Waals surface area (Å²) < 4.78 is 0. The van der Waals surface area contributed by atoms with Gasteiger partial charge in [-0.1, -0.05) is 17.7 Å². The van der Waals surface area contributed by atoms with Crippen molar-refractivity contribution in [2.24, 2.45) is 0 Å². The largest absolute Gasteiger partial charge is 0.507 e. The molecule has 0 radical (unpaired) electrons. The van der Waals surface area contributed by atoms with Crippen molar-refractivity contribution in [3.63, 3.8) is 0 Å². The first-order valence-corrected chi connectivity index (χ1v) is 3.87. The predicted octanol–water partition coefficient (Wildman–Crippen LogP) is 2.02. The van der Waals surface area contributed by atoms with Crippen LogP contribution in [-0.4, -0.2) is 16.7 Å². The first-order chi connectivity index (χ1) is 6.02. The Balaban J connectivity index is 0.000000424. The molecule has 0 bridgehead atoms. The van der Waals surface area contributed by atoms with Crippen LogP contribution in [0.25, 0.3) is 0 Å². The van der Waals surface area contributed by atoms with Crippen molar-refractivity contribution in [3.05, 3.63) is 28.8 Å². The number of aryl methyl sites for hydroxylation is 3. The van der Waals surface area contributed by atoms with Crippen LogP contribution in [-0.2, 0) is 4.79 Å². The maximum absolute atomic E-state index is 9.33. The van der Waals surface area contributed by atoms with Gasteiger partial charge >= 0.3 is 0 Å². The number of carboxylic acid groups (broad SMARTS) is 1. The Labute approximate surface area is 77.6 Å². The lowest BCUT2D eigenvalue weighted by Crippen LogP contribution is -1.81. The maximum Gasteiger partial charge on any atom is 0.290 e. The third-order valence-electron chi connectivity index (χ3n) is 1.64. The van der Waals surface area contributed by atoms with Crippen LogP contribution in [0.5, 0.6) is 5.75 Å². The molecule has 1 rings (SSSR count). The molecule has 0 aliphatic carbocycles. The highest BCUT2D eigenvalue weighted by atomic mass is 16.3. The normalized spacial score (nSPS) is 8.54. The molecule has 0 unspecified atom stereocenters. The molecule has 0 aliphatic heterocycles. The van der Waals surface area contributed by atoms with Crippen molar-refractivity contribution in [2.45, 2.75) is 20.8 Å². The van der Waals surface area contributed by atoms with Crippen LogP contribution >= 0.6 is 0 Å². The standard InChI is InChI=1S/C9H12O.CH2O2/c1-6-4-7(2)9(10)8(3)5-6;2-1-3/h4-5,10H,1-3H3;1H,(H,2,3). The van der Waals surface area contributed by atoms with E-state index in [1.54, 1.807) is 0 Å². The van der Waals surface area contributed by atoms with Crippen molar-refractivity contribution >= 4 is 6.47 Å². The van der Waals surface area contributed by atoms with Gasteiger partial charge in [-0.15, -0.1) is 0 Å². The molecule has 0 aliphatic rings. The summed E-state index contributed by atoms with van der Waals surface area (Å²) in [4.78, 5) is 8.36. The highest BCUT2D eigenvalue weighted by Gasteiger charge is 1.98. The molecule has 1 aromatic rings. The lowest BCUT2D eigenvalue weighted by Gasteiger charge is -2.03. The topological polar surface area (TPSA) is 57.5 Å². The molecule has 2 N–H and O–H groups in total. The Hall–Kier alpha value is -1.51. The zero-order valence-corrected chi connectivity index (χ0v) is 8.03. The summed E-state index contributed by atoms with van der Waals surface area (Å²) in [6.07, 6.45) is 0. The molecular weight excluding hydrogens is 168 g/mol. The first kappa shape index (κ1) is 11.5. The van der Waals surface area contributed by atoms with Crippen LogP contribution in [0.4, 0.5) is 0 Å². The van der Waals surface area contributed by atoms with Crippen molar-refractivity contribution in [1.29, 1.82) is 0 Å². The van der Waals surface area contributed by atoms with Gasteiger partial charge in [-0.25, -0.2) is 0 Å². The lowest BCUT2D eigenvalue weighted by atomic mass is 10.1. The molecule has 0 spiro atoms. The van der Waals surface area contributed by atoms with Gasteiger partial charge in [-0.2, -0.15) is 0 Å². The highest BCUT2D eigenvalue weighted by molar-refractivity contribution is 5.41. The summed E-state index contributed by atoms with van der Waals surface area (Å²) >= 11 is 0. The number of rotatable bonds is 0.